The lowest BCUT2D eigenvalue weighted by Crippen LogP contribution is -2.30. The van der Waals surface area contributed by atoms with Crippen molar-refractivity contribution in [1.82, 2.24) is 9.55 Å². The number of benzene rings is 3. The summed E-state index contributed by atoms with van der Waals surface area (Å²) in [5.41, 5.74) is 2.54. The highest BCUT2D eigenvalue weighted by Crippen LogP contribution is 2.26. The van der Waals surface area contributed by atoms with Crippen LogP contribution >= 0.6 is 0 Å². The van der Waals surface area contributed by atoms with Gasteiger partial charge in [0.25, 0.3) is 5.56 Å². The maximum absolute atomic E-state index is 13.5. The maximum Gasteiger partial charge on any atom is 0.278 e. The molecule has 0 aliphatic rings. The number of nitrogens with zero attached hydrogens (tertiary/aromatic N) is 2. The van der Waals surface area contributed by atoms with E-state index in [-0.39, 0.29) is 24.1 Å². The van der Waals surface area contributed by atoms with Crippen LogP contribution in [0, 0.1) is 0 Å². The third-order valence-electron chi connectivity index (χ3n) is 4.99. The second-order valence-corrected chi connectivity index (χ2v) is 7.20. The largest absolute Gasteiger partial charge is 0.325 e. The predicted octanol–water partition coefficient (Wildman–Crippen LogP) is 4.05. The number of hydrogen-bond donors (Lipinski definition) is 2. The van der Waals surface area contributed by atoms with Crippen molar-refractivity contribution in [1.29, 1.82) is 0 Å². The van der Waals surface area contributed by atoms with E-state index in [0.29, 0.717) is 34.4 Å². The highest BCUT2D eigenvalue weighted by molar-refractivity contribution is 5.95. The minimum atomic E-state index is -0.412. The minimum Gasteiger partial charge on any atom is -0.325 e. The van der Waals surface area contributed by atoms with Crippen molar-refractivity contribution < 1.29 is 9.59 Å². The Bertz CT molecular complexity index is 1350. The first kappa shape index (κ1) is 21.0. The van der Waals surface area contributed by atoms with Crippen molar-refractivity contribution >= 4 is 34.2 Å². The zero-order chi connectivity index (χ0) is 22.5. The van der Waals surface area contributed by atoms with E-state index in [1.807, 2.05) is 24.3 Å². The van der Waals surface area contributed by atoms with E-state index in [9.17, 15) is 14.4 Å². The van der Waals surface area contributed by atoms with Gasteiger partial charge in [-0.05, 0) is 30.3 Å². The SMILES string of the molecule is CCC(=O)Nc1ccccc1-c1nc2ccccc2n(CC(=O)Nc2ccccc2)c1=O. The number of rotatable bonds is 6. The Morgan fingerprint density at radius 3 is 2.31 bits per heavy atom. The number of carbonyl (C=O) groups excluding carboxylic acids is 2. The molecule has 0 atom stereocenters. The summed E-state index contributed by atoms with van der Waals surface area (Å²) in [5.74, 6) is -0.492. The van der Waals surface area contributed by atoms with Crippen LogP contribution in [0.4, 0.5) is 11.4 Å². The molecule has 1 heterocycles. The van der Waals surface area contributed by atoms with Crippen LogP contribution in [-0.2, 0) is 16.1 Å². The van der Waals surface area contributed by atoms with Gasteiger partial charge < -0.3 is 10.6 Å². The molecule has 32 heavy (non-hydrogen) atoms. The Morgan fingerprint density at radius 1 is 0.844 bits per heavy atom. The molecule has 0 fully saturated rings. The van der Waals surface area contributed by atoms with Crippen molar-refractivity contribution in [2.75, 3.05) is 10.6 Å². The standard InChI is InChI=1S/C25H22N4O3/c1-2-22(30)27-19-13-7-6-12-18(19)24-25(32)29(21-15-9-8-14-20(21)28-24)16-23(31)26-17-10-4-3-5-11-17/h3-15H,2,16H2,1H3,(H,26,31)(H,27,30). The fraction of sp³-hybridized carbons (Fsp3) is 0.120. The van der Waals surface area contributed by atoms with Crippen LogP contribution in [0.1, 0.15) is 13.3 Å². The number of hydrogen-bond acceptors (Lipinski definition) is 4. The molecule has 0 aliphatic heterocycles. The van der Waals surface area contributed by atoms with Crippen molar-refractivity contribution in [2.24, 2.45) is 0 Å². The lowest BCUT2D eigenvalue weighted by atomic mass is 10.1. The molecule has 160 valence electrons. The second kappa shape index (κ2) is 9.26. The summed E-state index contributed by atoms with van der Waals surface area (Å²) >= 11 is 0. The molecule has 0 bridgehead atoms. The van der Waals surface area contributed by atoms with E-state index in [1.165, 1.54) is 4.57 Å². The molecule has 7 nitrogen and oxygen atoms in total. The van der Waals surface area contributed by atoms with Crippen molar-refractivity contribution in [3.63, 3.8) is 0 Å². The second-order valence-electron chi connectivity index (χ2n) is 7.20. The fourth-order valence-corrected chi connectivity index (χ4v) is 3.43. The molecule has 0 radical (unpaired) electrons. The topological polar surface area (TPSA) is 93.1 Å². The molecule has 0 saturated carbocycles. The number of amides is 2. The summed E-state index contributed by atoms with van der Waals surface area (Å²) in [6.45, 7) is 1.58. The zero-order valence-electron chi connectivity index (χ0n) is 17.5. The van der Waals surface area contributed by atoms with Gasteiger partial charge in [-0.1, -0.05) is 55.5 Å². The van der Waals surface area contributed by atoms with Crippen LogP contribution in [0.3, 0.4) is 0 Å². The molecule has 4 rings (SSSR count). The Hall–Kier alpha value is -4.26. The van der Waals surface area contributed by atoms with Gasteiger partial charge in [-0.15, -0.1) is 0 Å². The van der Waals surface area contributed by atoms with E-state index < -0.39 is 5.56 Å². The number of aromatic nitrogens is 2. The third-order valence-corrected chi connectivity index (χ3v) is 4.99. The fourth-order valence-electron chi connectivity index (χ4n) is 3.43. The van der Waals surface area contributed by atoms with E-state index in [1.54, 1.807) is 61.5 Å². The summed E-state index contributed by atoms with van der Waals surface area (Å²) in [4.78, 5) is 42.8. The molecule has 0 spiro atoms. The molecule has 0 unspecified atom stereocenters. The quantitative estimate of drug-likeness (QED) is 0.486. The molecule has 1 aromatic heterocycles. The van der Waals surface area contributed by atoms with Crippen molar-refractivity contribution in [3.05, 3.63) is 89.2 Å². The summed E-state index contributed by atoms with van der Waals surface area (Å²) < 4.78 is 1.41. The number of fused-ring (bicyclic) bond motifs is 1. The molecule has 3 aromatic carbocycles. The lowest BCUT2D eigenvalue weighted by molar-refractivity contribution is -0.117. The number of anilines is 2. The van der Waals surface area contributed by atoms with Gasteiger partial charge in [0.2, 0.25) is 11.8 Å². The van der Waals surface area contributed by atoms with Crippen molar-refractivity contribution in [3.8, 4) is 11.3 Å². The highest BCUT2D eigenvalue weighted by atomic mass is 16.2. The van der Waals surface area contributed by atoms with E-state index >= 15 is 0 Å². The van der Waals surface area contributed by atoms with E-state index in [2.05, 4.69) is 15.6 Å². The number of carbonyl (C=O) groups is 2. The smallest absolute Gasteiger partial charge is 0.278 e. The monoisotopic (exact) mass is 426 g/mol. The molecule has 2 amide bonds. The Balaban J connectivity index is 1.80. The van der Waals surface area contributed by atoms with Gasteiger partial charge in [-0.25, -0.2) is 4.98 Å². The molecular formula is C25H22N4O3. The van der Waals surface area contributed by atoms with Crippen LogP contribution in [0.2, 0.25) is 0 Å². The first-order valence-electron chi connectivity index (χ1n) is 10.3. The summed E-state index contributed by atoms with van der Waals surface area (Å²) in [6.07, 6.45) is 0.309. The molecule has 0 saturated heterocycles. The first-order chi connectivity index (χ1) is 15.6. The Kier molecular flexibility index (Phi) is 6.07. The normalized spacial score (nSPS) is 10.7. The van der Waals surface area contributed by atoms with Gasteiger partial charge in [-0.3, -0.25) is 19.0 Å². The number of para-hydroxylation sites is 4. The Labute approximate surface area is 184 Å². The highest BCUT2D eigenvalue weighted by Gasteiger charge is 2.18. The summed E-state index contributed by atoms with van der Waals surface area (Å²) in [6, 6.07) is 23.3. The Morgan fingerprint density at radius 2 is 1.53 bits per heavy atom. The molecular weight excluding hydrogens is 404 g/mol. The number of nitrogens with one attached hydrogen (secondary N) is 2. The van der Waals surface area contributed by atoms with Crippen LogP contribution in [0.5, 0.6) is 0 Å². The molecule has 7 heteroatoms. The first-order valence-corrected chi connectivity index (χ1v) is 10.3. The average molecular weight is 426 g/mol. The van der Waals surface area contributed by atoms with Gasteiger partial charge >= 0.3 is 0 Å². The third kappa shape index (κ3) is 4.41. The van der Waals surface area contributed by atoms with E-state index in [0.717, 1.165) is 0 Å². The predicted molar refractivity (Wildman–Crippen MR) is 125 cm³/mol. The van der Waals surface area contributed by atoms with Gasteiger partial charge in [0.1, 0.15) is 12.2 Å². The van der Waals surface area contributed by atoms with Gasteiger partial charge in [0.05, 0.1) is 16.7 Å². The van der Waals surface area contributed by atoms with Crippen LogP contribution in [0.15, 0.2) is 83.7 Å². The van der Waals surface area contributed by atoms with Gasteiger partial charge in [0.15, 0.2) is 0 Å². The van der Waals surface area contributed by atoms with Crippen LogP contribution in [0.25, 0.3) is 22.3 Å². The van der Waals surface area contributed by atoms with Crippen LogP contribution < -0.4 is 16.2 Å². The average Bonchev–Trinajstić information content (AvgIpc) is 2.82. The lowest BCUT2D eigenvalue weighted by Gasteiger charge is -2.14. The summed E-state index contributed by atoms with van der Waals surface area (Å²) in [7, 11) is 0. The summed E-state index contributed by atoms with van der Waals surface area (Å²) in [5, 5.41) is 5.63. The molecule has 0 aliphatic carbocycles. The van der Waals surface area contributed by atoms with Crippen LogP contribution in [-0.4, -0.2) is 21.4 Å². The minimum absolute atomic E-state index is 0.166. The van der Waals surface area contributed by atoms with E-state index in [4.69, 9.17) is 0 Å². The zero-order valence-corrected chi connectivity index (χ0v) is 17.5. The molecule has 4 aromatic rings. The van der Waals surface area contributed by atoms with Crippen molar-refractivity contribution in [2.45, 2.75) is 19.9 Å². The maximum atomic E-state index is 13.5. The van der Waals surface area contributed by atoms with Gasteiger partial charge in [-0.2, -0.15) is 0 Å². The van der Waals surface area contributed by atoms with Gasteiger partial charge in [0, 0.05) is 17.7 Å². The molecule has 2 N–H and O–H groups in total.